The molecule has 0 radical (unpaired) electrons. The number of nitrogens with one attached hydrogen (secondary N) is 1. The summed E-state index contributed by atoms with van der Waals surface area (Å²) in [7, 11) is 0. The van der Waals surface area contributed by atoms with Crippen molar-refractivity contribution in [2.24, 2.45) is 0 Å². The monoisotopic (exact) mass is 352 g/mol. The molecule has 0 bridgehead atoms. The number of nitrogens with zero attached hydrogens (tertiary/aromatic N) is 3. The number of aromatic nitrogens is 4. The van der Waals surface area contributed by atoms with Gasteiger partial charge in [-0.25, -0.2) is 4.98 Å². The van der Waals surface area contributed by atoms with E-state index in [9.17, 15) is 4.79 Å². The van der Waals surface area contributed by atoms with Crippen molar-refractivity contribution < 1.29 is 0 Å². The SMILES string of the molecule is O=c1[nH]c(-c2ccc3ccn(Cc4cccnc4)c3c2)nc2ccccc12. The van der Waals surface area contributed by atoms with Crippen LogP contribution in [0.25, 0.3) is 33.2 Å². The molecule has 0 saturated carbocycles. The van der Waals surface area contributed by atoms with Gasteiger partial charge >= 0.3 is 0 Å². The van der Waals surface area contributed by atoms with Gasteiger partial charge in [0.1, 0.15) is 5.82 Å². The summed E-state index contributed by atoms with van der Waals surface area (Å²) in [6.45, 7) is 0.739. The molecule has 0 atom stereocenters. The molecule has 27 heavy (non-hydrogen) atoms. The third kappa shape index (κ3) is 2.79. The highest BCUT2D eigenvalue weighted by Crippen LogP contribution is 2.24. The molecule has 0 saturated heterocycles. The zero-order valence-electron chi connectivity index (χ0n) is 14.5. The van der Waals surface area contributed by atoms with Gasteiger partial charge in [0.2, 0.25) is 0 Å². The van der Waals surface area contributed by atoms with Crippen LogP contribution in [0.3, 0.4) is 0 Å². The molecule has 0 aliphatic rings. The lowest BCUT2D eigenvalue weighted by Crippen LogP contribution is -2.09. The summed E-state index contributed by atoms with van der Waals surface area (Å²) < 4.78 is 2.18. The van der Waals surface area contributed by atoms with Crippen molar-refractivity contribution in [3.05, 3.63) is 95.2 Å². The second kappa shape index (κ2) is 6.21. The van der Waals surface area contributed by atoms with E-state index in [1.165, 1.54) is 0 Å². The van der Waals surface area contributed by atoms with Gasteiger partial charge in [-0.3, -0.25) is 9.78 Å². The molecule has 0 aliphatic heterocycles. The maximum Gasteiger partial charge on any atom is 0.259 e. The second-order valence-electron chi connectivity index (χ2n) is 6.51. The van der Waals surface area contributed by atoms with Gasteiger partial charge in [-0.15, -0.1) is 0 Å². The van der Waals surface area contributed by atoms with Gasteiger partial charge in [-0.05, 0) is 41.3 Å². The molecule has 0 unspecified atom stereocenters. The summed E-state index contributed by atoms with van der Waals surface area (Å²) in [4.78, 5) is 24.1. The Kier molecular flexibility index (Phi) is 3.57. The number of pyridine rings is 1. The fourth-order valence-electron chi connectivity index (χ4n) is 3.38. The molecular weight excluding hydrogens is 336 g/mol. The summed E-state index contributed by atoms with van der Waals surface area (Å²) in [6.07, 6.45) is 5.72. The largest absolute Gasteiger partial charge is 0.343 e. The predicted molar refractivity (Wildman–Crippen MR) is 107 cm³/mol. The topological polar surface area (TPSA) is 63.6 Å². The summed E-state index contributed by atoms with van der Waals surface area (Å²) >= 11 is 0. The van der Waals surface area contributed by atoms with Gasteiger partial charge in [0.25, 0.3) is 5.56 Å². The van der Waals surface area contributed by atoms with Crippen LogP contribution in [0, 0.1) is 0 Å². The van der Waals surface area contributed by atoms with Gasteiger partial charge < -0.3 is 9.55 Å². The van der Waals surface area contributed by atoms with Gasteiger partial charge in [-0.1, -0.05) is 30.3 Å². The molecule has 130 valence electrons. The number of fused-ring (bicyclic) bond motifs is 2. The number of para-hydroxylation sites is 1. The predicted octanol–water partition coefficient (Wildman–Crippen LogP) is 3.99. The number of hydrogen-bond donors (Lipinski definition) is 1. The van der Waals surface area contributed by atoms with Crippen molar-refractivity contribution in [2.75, 3.05) is 0 Å². The van der Waals surface area contributed by atoms with Crippen LogP contribution in [0.2, 0.25) is 0 Å². The van der Waals surface area contributed by atoms with Crippen LogP contribution in [0.5, 0.6) is 0 Å². The molecule has 5 rings (SSSR count). The van der Waals surface area contributed by atoms with E-state index in [4.69, 9.17) is 0 Å². The van der Waals surface area contributed by atoms with Crippen molar-refractivity contribution in [3.8, 4) is 11.4 Å². The van der Waals surface area contributed by atoms with Crippen LogP contribution in [-0.2, 0) is 6.54 Å². The van der Waals surface area contributed by atoms with Crippen molar-refractivity contribution >= 4 is 21.8 Å². The molecule has 0 fully saturated rings. The van der Waals surface area contributed by atoms with E-state index < -0.39 is 0 Å². The van der Waals surface area contributed by atoms with E-state index in [0.29, 0.717) is 16.7 Å². The first-order valence-electron chi connectivity index (χ1n) is 8.75. The third-order valence-electron chi connectivity index (χ3n) is 4.74. The molecule has 1 N–H and O–H groups in total. The summed E-state index contributed by atoms with van der Waals surface area (Å²) in [5, 5.41) is 1.74. The van der Waals surface area contributed by atoms with Gasteiger partial charge in [0.05, 0.1) is 10.9 Å². The maximum absolute atomic E-state index is 12.4. The Morgan fingerprint density at radius 2 is 1.93 bits per heavy atom. The van der Waals surface area contributed by atoms with Crippen molar-refractivity contribution in [3.63, 3.8) is 0 Å². The highest BCUT2D eigenvalue weighted by atomic mass is 16.1. The van der Waals surface area contributed by atoms with Crippen molar-refractivity contribution in [1.29, 1.82) is 0 Å². The Hall–Kier alpha value is -3.73. The minimum absolute atomic E-state index is 0.124. The Labute approximate surface area is 155 Å². The van der Waals surface area contributed by atoms with Crippen molar-refractivity contribution in [2.45, 2.75) is 6.54 Å². The Morgan fingerprint density at radius 3 is 2.81 bits per heavy atom. The first-order valence-corrected chi connectivity index (χ1v) is 8.75. The highest BCUT2D eigenvalue weighted by molar-refractivity contribution is 5.85. The molecule has 3 heterocycles. The smallest absolute Gasteiger partial charge is 0.259 e. The highest BCUT2D eigenvalue weighted by Gasteiger charge is 2.09. The van der Waals surface area contributed by atoms with Gasteiger partial charge in [-0.2, -0.15) is 0 Å². The quantitative estimate of drug-likeness (QED) is 0.534. The summed E-state index contributed by atoms with van der Waals surface area (Å²) in [5.41, 5.74) is 3.69. The van der Waals surface area contributed by atoms with Crippen LogP contribution in [0.4, 0.5) is 0 Å². The van der Waals surface area contributed by atoms with Crippen LogP contribution in [-0.4, -0.2) is 19.5 Å². The lowest BCUT2D eigenvalue weighted by Gasteiger charge is -2.07. The normalized spacial score (nSPS) is 11.3. The fourth-order valence-corrected chi connectivity index (χ4v) is 3.38. The molecule has 5 heteroatoms. The van der Waals surface area contributed by atoms with E-state index in [1.54, 1.807) is 12.3 Å². The maximum atomic E-state index is 12.4. The molecule has 0 amide bonds. The van der Waals surface area contributed by atoms with Crippen LogP contribution < -0.4 is 5.56 Å². The molecule has 0 spiro atoms. The first-order chi connectivity index (χ1) is 13.3. The summed E-state index contributed by atoms with van der Waals surface area (Å²) in [5.74, 6) is 0.578. The first kappa shape index (κ1) is 15.5. The van der Waals surface area contributed by atoms with E-state index in [0.717, 1.165) is 28.6 Å². The van der Waals surface area contributed by atoms with E-state index in [2.05, 4.69) is 50.0 Å². The van der Waals surface area contributed by atoms with Gasteiger partial charge in [0, 0.05) is 36.2 Å². The number of benzene rings is 2. The van der Waals surface area contributed by atoms with Crippen LogP contribution in [0.15, 0.2) is 84.0 Å². The minimum atomic E-state index is -0.124. The number of aromatic amines is 1. The average Bonchev–Trinajstić information content (AvgIpc) is 3.11. The molecule has 5 aromatic rings. The molecule has 0 aliphatic carbocycles. The molecule has 3 aromatic heterocycles. The molecular formula is C22H16N4O. The van der Waals surface area contributed by atoms with Gasteiger partial charge in [0.15, 0.2) is 0 Å². The standard InChI is InChI=1S/C22H16N4O/c27-22-18-5-1-2-6-19(18)24-21(25-22)17-8-7-16-9-11-26(20(16)12-17)14-15-4-3-10-23-13-15/h1-13H,14H2,(H,24,25,27). The van der Waals surface area contributed by atoms with E-state index in [-0.39, 0.29) is 5.56 Å². The lowest BCUT2D eigenvalue weighted by atomic mass is 10.1. The number of rotatable bonds is 3. The van der Waals surface area contributed by atoms with E-state index >= 15 is 0 Å². The third-order valence-corrected chi connectivity index (χ3v) is 4.74. The zero-order valence-corrected chi connectivity index (χ0v) is 14.5. The summed E-state index contributed by atoms with van der Waals surface area (Å²) in [6, 6.07) is 19.6. The molecule has 2 aromatic carbocycles. The fraction of sp³-hybridized carbons (Fsp3) is 0.0455. The Bertz CT molecular complexity index is 1320. The Balaban J connectivity index is 1.62. The van der Waals surface area contributed by atoms with Crippen LogP contribution >= 0.6 is 0 Å². The van der Waals surface area contributed by atoms with Crippen molar-refractivity contribution in [1.82, 2.24) is 19.5 Å². The van der Waals surface area contributed by atoms with E-state index in [1.807, 2.05) is 36.5 Å². The lowest BCUT2D eigenvalue weighted by molar-refractivity contribution is 0.831. The zero-order chi connectivity index (χ0) is 18.2. The second-order valence-corrected chi connectivity index (χ2v) is 6.51. The average molecular weight is 352 g/mol. The molecule has 5 nitrogen and oxygen atoms in total. The van der Waals surface area contributed by atoms with Crippen LogP contribution in [0.1, 0.15) is 5.56 Å². The number of hydrogen-bond acceptors (Lipinski definition) is 3. The minimum Gasteiger partial charge on any atom is -0.343 e. The number of H-pyrrole nitrogens is 1. The Morgan fingerprint density at radius 1 is 1.00 bits per heavy atom.